The van der Waals surface area contributed by atoms with E-state index in [1.54, 1.807) is 0 Å². The SMILES string of the molecule is CC(C)Cc1ccc(C(C)C(=O)NCCC[N+]2(C)CCOCC2)cc1.[I-]. The maximum Gasteiger partial charge on any atom is 0.227 e. The molecule has 0 radical (unpaired) electrons. The lowest BCUT2D eigenvalue weighted by Gasteiger charge is -2.37. The Bertz CT molecular complexity index is 539. The second-order valence-corrected chi connectivity index (χ2v) is 8.11. The fourth-order valence-electron chi connectivity index (χ4n) is 3.40. The highest BCUT2D eigenvalue weighted by atomic mass is 127. The van der Waals surface area contributed by atoms with Crippen molar-refractivity contribution in [2.45, 2.75) is 39.5 Å². The van der Waals surface area contributed by atoms with Gasteiger partial charge >= 0.3 is 0 Å². The molecule has 148 valence electrons. The molecule has 1 aromatic carbocycles. The third kappa shape index (κ3) is 7.53. The maximum absolute atomic E-state index is 12.4. The van der Waals surface area contributed by atoms with E-state index in [0.717, 1.165) is 62.3 Å². The number of halogens is 1. The average molecular weight is 474 g/mol. The predicted octanol–water partition coefficient (Wildman–Crippen LogP) is -0.0243. The van der Waals surface area contributed by atoms with Gasteiger partial charge in [0.25, 0.3) is 0 Å². The summed E-state index contributed by atoms with van der Waals surface area (Å²) in [5, 5.41) is 3.10. The molecule has 26 heavy (non-hydrogen) atoms. The van der Waals surface area contributed by atoms with Gasteiger partial charge in [-0.25, -0.2) is 0 Å². The summed E-state index contributed by atoms with van der Waals surface area (Å²) in [6.45, 7) is 12.2. The smallest absolute Gasteiger partial charge is 0.227 e. The molecule has 5 heteroatoms. The minimum atomic E-state index is -0.0961. The number of nitrogens with one attached hydrogen (secondary N) is 1. The predicted molar refractivity (Wildman–Crippen MR) is 103 cm³/mol. The lowest BCUT2D eigenvalue weighted by atomic mass is 9.96. The molecule has 2 rings (SSSR count). The van der Waals surface area contributed by atoms with Gasteiger partial charge in [-0.05, 0) is 30.4 Å². The van der Waals surface area contributed by atoms with Crippen LogP contribution in [0.4, 0.5) is 0 Å². The van der Waals surface area contributed by atoms with E-state index < -0.39 is 0 Å². The fourth-order valence-corrected chi connectivity index (χ4v) is 3.40. The third-order valence-electron chi connectivity index (χ3n) is 5.24. The van der Waals surface area contributed by atoms with Gasteiger partial charge in [-0.1, -0.05) is 38.1 Å². The Hall–Kier alpha value is -0.660. The van der Waals surface area contributed by atoms with Crippen LogP contribution in [-0.4, -0.2) is 56.8 Å². The van der Waals surface area contributed by atoms with Crippen molar-refractivity contribution in [1.29, 1.82) is 0 Å². The highest BCUT2D eigenvalue weighted by molar-refractivity contribution is 5.83. The number of amides is 1. The second kappa shape index (κ2) is 11.2. The van der Waals surface area contributed by atoms with Gasteiger partial charge in [0, 0.05) is 13.0 Å². The molecule has 1 unspecified atom stereocenters. The number of hydrogen-bond acceptors (Lipinski definition) is 2. The van der Waals surface area contributed by atoms with Crippen molar-refractivity contribution in [3.63, 3.8) is 0 Å². The Kier molecular flexibility index (Phi) is 10.1. The quantitative estimate of drug-likeness (QED) is 0.327. The molecular formula is C21H35IN2O2. The van der Waals surface area contributed by atoms with Crippen LogP contribution < -0.4 is 29.3 Å². The van der Waals surface area contributed by atoms with Crippen LogP contribution in [0.1, 0.15) is 44.2 Å². The molecule has 1 aliphatic heterocycles. The first kappa shape index (κ1) is 23.4. The molecule has 1 N–H and O–H groups in total. The van der Waals surface area contributed by atoms with Crippen LogP contribution in [0.15, 0.2) is 24.3 Å². The Morgan fingerprint density at radius 1 is 1.15 bits per heavy atom. The van der Waals surface area contributed by atoms with E-state index in [0.29, 0.717) is 5.92 Å². The van der Waals surface area contributed by atoms with Gasteiger partial charge in [-0.2, -0.15) is 0 Å². The number of morpholine rings is 1. The third-order valence-corrected chi connectivity index (χ3v) is 5.24. The van der Waals surface area contributed by atoms with Gasteiger partial charge in [0.1, 0.15) is 13.1 Å². The van der Waals surface area contributed by atoms with E-state index in [2.05, 4.69) is 50.5 Å². The molecule has 1 aromatic rings. The first-order chi connectivity index (χ1) is 11.9. The molecule has 1 aliphatic rings. The Labute approximate surface area is 176 Å². The number of likely N-dealkylation sites (N-methyl/N-ethyl adjacent to an activating group) is 1. The van der Waals surface area contributed by atoms with Crippen LogP contribution in [0.25, 0.3) is 0 Å². The van der Waals surface area contributed by atoms with Crippen molar-refractivity contribution in [2.75, 3.05) is 46.4 Å². The van der Waals surface area contributed by atoms with E-state index in [4.69, 9.17) is 4.74 Å². The van der Waals surface area contributed by atoms with Crippen molar-refractivity contribution in [2.24, 2.45) is 5.92 Å². The first-order valence-corrected chi connectivity index (χ1v) is 9.67. The Balaban J connectivity index is 0.00000338. The van der Waals surface area contributed by atoms with Gasteiger partial charge in [0.15, 0.2) is 0 Å². The van der Waals surface area contributed by atoms with Gasteiger partial charge in [0.05, 0.1) is 32.7 Å². The van der Waals surface area contributed by atoms with Crippen LogP contribution in [-0.2, 0) is 16.0 Å². The number of rotatable bonds is 8. The molecule has 0 bridgehead atoms. The first-order valence-electron chi connectivity index (χ1n) is 9.67. The van der Waals surface area contributed by atoms with Crippen LogP contribution in [0.2, 0.25) is 0 Å². The number of nitrogens with zero attached hydrogens (tertiary/aromatic N) is 1. The summed E-state index contributed by atoms with van der Waals surface area (Å²) < 4.78 is 6.49. The van der Waals surface area contributed by atoms with Gasteiger partial charge < -0.3 is 38.5 Å². The molecule has 1 amide bonds. The average Bonchev–Trinajstić information content (AvgIpc) is 2.59. The van der Waals surface area contributed by atoms with E-state index in [-0.39, 0.29) is 35.8 Å². The molecule has 1 heterocycles. The van der Waals surface area contributed by atoms with Gasteiger partial charge in [0.2, 0.25) is 5.91 Å². The van der Waals surface area contributed by atoms with Crippen molar-refractivity contribution >= 4 is 5.91 Å². The summed E-state index contributed by atoms with van der Waals surface area (Å²) in [4.78, 5) is 12.4. The summed E-state index contributed by atoms with van der Waals surface area (Å²) >= 11 is 0. The topological polar surface area (TPSA) is 38.3 Å². The van der Waals surface area contributed by atoms with E-state index in [1.165, 1.54) is 5.56 Å². The fraction of sp³-hybridized carbons (Fsp3) is 0.667. The Morgan fingerprint density at radius 2 is 1.77 bits per heavy atom. The summed E-state index contributed by atoms with van der Waals surface area (Å²) in [5.74, 6) is 0.685. The molecular weight excluding hydrogens is 439 g/mol. The summed E-state index contributed by atoms with van der Waals surface area (Å²) in [5.41, 5.74) is 2.44. The van der Waals surface area contributed by atoms with Crippen LogP contribution in [0, 0.1) is 5.92 Å². The monoisotopic (exact) mass is 474 g/mol. The minimum Gasteiger partial charge on any atom is -1.00 e. The van der Waals surface area contributed by atoms with Crippen molar-refractivity contribution in [1.82, 2.24) is 5.32 Å². The number of carbonyl (C=O) groups is 1. The van der Waals surface area contributed by atoms with Gasteiger partial charge in [-0.15, -0.1) is 0 Å². The molecule has 4 nitrogen and oxygen atoms in total. The zero-order valence-electron chi connectivity index (χ0n) is 16.8. The van der Waals surface area contributed by atoms with Crippen LogP contribution >= 0.6 is 0 Å². The molecule has 1 atom stereocenters. The van der Waals surface area contributed by atoms with Crippen molar-refractivity contribution < 1.29 is 38.0 Å². The Morgan fingerprint density at radius 3 is 2.35 bits per heavy atom. The standard InChI is InChI=1S/C21H34N2O2.HI/c1-17(2)16-19-6-8-20(9-7-19)18(3)21(24)22-10-5-11-23(4)12-14-25-15-13-23;/h6-9,17-18H,5,10-16H2,1-4H3;1H. The largest absolute Gasteiger partial charge is 1.00 e. The highest BCUT2D eigenvalue weighted by Gasteiger charge is 2.24. The normalized spacial score (nSPS) is 17.4. The molecule has 0 saturated carbocycles. The maximum atomic E-state index is 12.4. The van der Waals surface area contributed by atoms with Gasteiger partial charge in [-0.3, -0.25) is 4.79 Å². The molecule has 1 saturated heterocycles. The lowest BCUT2D eigenvalue weighted by Crippen LogP contribution is -3.00. The van der Waals surface area contributed by atoms with Crippen LogP contribution in [0.5, 0.6) is 0 Å². The van der Waals surface area contributed by atoms with E-state index >= 15 is 0 Å². The number of ether oxygens (including phenoxy) is 1. The van der Waals surface area contributed by atoms with Crippen LogP contribution in [0.3, 0.4) is 0 Å². The molecule has 0 aromatic heterocycles. The summed E-state index contributed by atoms with van der Waals surface area (Å²) in [6.07, 6.45) is 2.10. The number of benzene rings is 1. The second-order valence-electron chi connectivity index (χ2n) is 8.11. The number of hydrogen-bond donors (Lipinski definition) is 1. The number of carbonyl (C=O) groups excluding carboxylic acids is 1. The lowest BCUT2D eigenvalue weighted by molar-refractivity contribution is -0.916. The van der Waals surface area contributed by atoms with Crippen molar-refractivity contribution in [3.8, 4) is 0 Å². The summed E-state index contributed by atoms with van der Waals surface area (Å²) in [6, 6.07) is 8.51. The number of quaternary nitrogens is 1. The molecule has 0 aliphatic carbocycles. The highest BCUT2D eigenvalue weighted by Crippen LogP contribution is 2.18. The minimum absolute atomic E-state index is 0. The molecule has 0 spiro atoms. The zero-order valence-corrected chi connectivity index (χ0v) is 18.9. The van der Waals surface area contributed by atoms with Crippen molar-refractivity contribution in [3.05, 3.63) is 35.4 Å². The molecule has 1 fully saturated rings. The van der Waals surface area contributed by atoms with E-state index in [1.807, 2.05) is 6.92 Å². The summed E-state index contributed by atoms with van der Waals surface area (Å²) in [7, 11) is 2.28. The zero-order chi connectivity index (χ0) is 18.3. The van der Waals surface area contributed by atoms with E-state index in [9.17, 15) is 4.79 Å².